The Morgan fingerprint density at radius 2 is 1.89 bits per heavy atom. The third kappa shape index (κ3) is 5.52. The summed E-state index contributed by atoms with van der Waals surface area (Å²) in [5.41, 5.74) is 5.12. The number of aromatic nitrogens is 2. The van der Waals surface area contributed by atoms with Crippen molar-refractivity contribution in [3.8, 4) is 11.3 Å². The van der Waals surface area contributed by atoms with Gasteiger partial charge in [0.25, 0.3) is 0 Å². The third-order valence-corrected chi connectivity index (χ3v) is 4.85. The lowest BCUT2D eigenvalue weighted by Crippen LogP contribution is -2.28. The van der Waals surface area contributed by atoms with Crippen LogP contribution in [0.4, 0.5) is 4.39 Å². The summed E-state index contributed by atoms with van der Waals surface area (Å²) in [6, 6.07) is 16.6. The molecule has 0 spiro atoms. The molecule has 0 bridgehead atoms. The standard InChI is InChI=1S/C23H26FN3O/c1-17-5-3-6-18(15-17)8-13-23(28)27(2)14-4-7-21-16-22(26-25-21)19-9-11-20(24)12-10-19/h3,5-6,9-12,15-16H,4,7-8,13-14H2,1-2H3,(H,25,26). The van der Waals surface area contributed by atoms with E-state index in [4.69, 9.17) is 0 Å². The van der Waals surface area contributed by atoms with Crippen molar-refractivity contribution in [3.63, 3.8) is 0 Å². The molecule has 0 unspecified atom stereocenters. The van der Waals surface area contributed by atoms with Crippen molar-refractivity contribution in [2.75, 3.05) is 13.6 Å². The highest BCUT2D eigenvalue weighted by atomic mass is 19.1. The Balaban J connectivity index is 1.43. The molecule has 1 amide bonds. The second kappa shape index (κ2) is 9.31. The maximum absolute atomic E-state index is 13.0. The van der Waals surface area contributed by atoms with Crippen LogP contribution in [0.15, 0.2) is 54.6 Å². The van der Waals surface area contributed by atoms with Gasteiger partial charge >= 0.3 is 0 Å². The van der Waals surface area contributed by atoms with Gasteiger partial charge in [-0.15, -0.1) is 0 Å². The van der Waals surface area contributed by atoms with Crippen LogP contribution in [0.25, 0.3) is 11.3 Å². The molecule has 1 aromatic heterocycles. The smallest absolute Gasteiger partial charge is 0.222 e. The number of H-pyrrole nitrogens is 1. The Morgan fingerprint density at radius 1 is 1.11 bits per heavy atom. The van der Waals surface area contributed by atoms with E-state index >= 15 is 0 Å². The van der Waals surface area contributed by atoms with Gasteiger partial charge in [0.1, 0.15) is 5.82 Å². The van der Waals surface area contributed by atoms with E-state index < -0.39 is 0 Å². The third-order valence-electron chi connectivity index (χ3n) is 4.85. The van der Waals surface area contributed by atoms with Gasteiger partial charge in [-0.2, -0.15) is 5.10 Å². The fraction of sp³-hybridized carbons (Fsp3) is 0.304. The van der Waals surface area contributed by atoms with Gasteiger partial charge < -0.3 is 4.90 Å². The van der Waals surface area contributed by atoms with Gasteiger partial charge in [0, 0.05) is 31.3 Å². The molecule has 0 atom stereocenters. The predicted molar refractivity (Wildman–Crippen MR) is 109 cm³/mol. The molecule has 2 aromatic carbocycles. The second-order valence-corrected chi connectivity index (χ2v) is 7.19. The monoisotopic (exact) mass is 379 g/mol. The zero-order valence-corrected chi connectivity index (χ0v) is 16.4. The van der Waals surface area contributed by atoms with Crippen LogP contribution in [-0.2, 0) is 17.6 Å². The molecule has 0 aliphatic rings. The van der Waals surface area contributed by atoms with Crippen molar-refractivity contribution in [3.05, 3.63) is 77.2 Å². The number of hydrogen-bond donors (Lipinski definition) is 1. The highest BCUT2D eigenvalue weighted by molar-refractivity contribution is 5.76. The number of aromatic amines is 1. The molecule has 1 heterocycles. The molecule has 0 saturated carbocycles. The minimum atomic E-state index is -0.255. The van der Waals surface area contributed by atoms with Crippen LogP contribution < -0.4 is 0 Å². The fourth-order valence-corrected chi connectivity index (χ4v) is 3.20. The van der Waals surface area contributed by atoms with Crippen molar-refractivity contribution in [1.82, 2.24) is 15.1 Å². The summed E-state index contributed by atoms with van der Waals surface area (Å²) >= 11 is 0. The Labute approximate surface area is 165 Å². The van der Waals surface area contributed by atoms with E-state index in [0.717, 1.165) is 36.2 Å². The molecule has 28 heavy (non-hydrogen) atoms. The number of rotatable bonds is 8. The molecule has 146 valence electrons. The summed E-state index contributed by atoms with van der Waals surface area (Å²) in [7, 11) is 1.86. The highest BCUT2D eigenvalue weighted by Gasteiger charge is 2.10. The van der Waals surface area contributed by atoms with Crippen LogP contribution in [0.1, 0.15) is 29.7 Å². The van der Waals surface area contributed by atoms with Crippen LogP contribution in [0.3, 0.4) is 0 Å². The highest BCUT2D eigenvalue weighted by Crippen LogP contribution is 2.18. The van der Waals surface area contributed by atoms with E-state index in [9.17, 15) is 9.18 Å². The molecule has 0 aliphatic carbocycles. The first-order valence-electron chi connectivity index (χ1n) is 9.61. The largest absolute Gasteiger partial charge is 0.346 e. The van der Waals surface area contributed by atoms with Gasteiger partial charge in [0.05, 0.1) is 5.69 Å². The summed E-state index contributed by atoms with van der Waals surface area (Å²) in [5, 5.41) is 7.32. The van der Waals surface area contributed by atoms with Crippen molar-refractivity contribution >= 4 is 5.91 Å². The quantitative estimate of drug-likeness (QED) is 0.624. The lowest BCUT2D eigenvalue weighted by atomic mass is 10.1. The molecule has 3 rings (SSSR count). The molecule has 0 aliphatic heterocycles. The lowest BCUT2D eigenvalue weighted by Gasteiger charge is -2.17. The number of halogens is 1. The van der Waals surface area contributed by atoms with Gasteiger partial charge in [-0.1, -0.05) is 29.8 Å². The number of carbonyl (C=O) groups excluding carboxylic acids is 1. The SMILES string of the molecule is Cc1cccc(CCC(=O)N(C)CCCc2cc(-c3ccc(F)cc3)n[nH]2)c1. The summed E-state index contributed by atoms with van der Waals surface area (Å²) in [6.45, 7) is 2.77. The Hall–Kier alpha value is -2.95. The van der Waals surface area contributed by atoms with Crippen molar-refractivity contribution in [1.29, 1.82) is 0 Å². The topological polar surface area (TPSA) is 49.0 Å². The molecule has 0 saturated heterocycles. The molecule has 4 nitrogen and oxygen atoms in total. The normalized spacial score (nSPS) is 10.8. The average molecular weight is 379 g/mol. The first-order valence-corrected chi connectivity index (χ1v) is 9.61. The number of benzene rings is 2. The second-order valence-electron chi connectivity index (χ2n) is 7.19. The van der Waals surface area contributed by atoms with E-state index in [-0.39, 0.29) is 11.7 Å². The summed E-state index contributed by atoms with van der Waals surface area (Å²) in [6.07, 6.45) is 2.96. The number of aryl methyl sites for hydroxylation is 3. The van der Waals surface area contributed by atoms with E-state index in [1.54, 1.807) is 17.0 Å². The Bertz CT molecular complexity index is 918. The van der Waals surface area contributed by atoms with Crippen LogP contribution in [0.5, 0.6) is 0 Å². The fourth-order valence-electron chi connectivity index (χ4n) is 3.20. The Morgan fingerprint density at radius 3 is 2.64 bits per heavy atom. The van der Waals surface area contributed by atoms with Gasteiger partial charge in [0.2, 0.25) is 5.91 Å². The molecule has 5 heteroatoms. The van der Waals surface area contributed by atoms with Crippen LogP contribution in [-0.4, -0.2) is 34.6 Å². The molecule has 3 aromatic rings. The predicted octanol–water partition coefficient (Wildman–Crippen LogP) is 4.55. The summed E-state index contributed by atoms with van der Waals surface area (Å²) in [5.74, 6) is -0.0901. The van der Waals surface area contributed by atoms with E-state index in [1.165, 1.54) is 23.3 Å². The van der Waals surface area contributed by atoms with Gasteiger partial charge in [0.15, 0.2) is 0 Å². The van der Waals surface area contributed by atoms with Crippen LogP contribution in [0.2, 0.25) is 0 Å². The maximum atomic E-state index is 13.0. The zero-order chi connectivity index (χ0) is 19.9. The maximum Gasteiger partial charge on any atom is 0.222 e. The molecule has 1 N–H and O–H groups in total. The van der Waals surface area contributed by atoms with Gasteiger partial charge in [-0.3, -0.25) is 9.89 Å². The van der Waals surface area contributed by atoms with Crippen molar-refractivity contribution in [2.45, 2.75) is 32.6 Å². The minimum Gasteiger partial charge on any atom is -0.346 e. The summed E-state index contributed by atoms with van der Waals surface area (Å²) in [4.78, 5) is 14.1. The zero-order valence-electron chi connectivity index (χ0n) is 16.4. The van der Waals surface area contributed by atoms with E-state index in [2.05, 4.69) is 35.3 Å². The first kappa shape index (κ1) is 19.8. The van der Waals surface area contributed by atoms with Gasteiger partial charge in [-0.05, 0) is 62.1 Å². The molecule has 0 fully saturated rings. The number of nitrogens with zero attached hydrogens (tertiary/aromatic N) is 2. The van der Waals surface area contributed by atoms with Gasteiger partial charge in [-0.25, -0.2) is 4.39 Å². The molecular weight excluding hydrogens is 353 g/mol. The van der Waals surface area contributed by atoms with Crippen molar-refractivity contribution in [2.24, 2.45) is 0 Å². The minimum absolute atomic E-state index is 0.165. The average Bonchev–Trinajstić information content (AvgIpc) is 3.15. The van der Waals surface area contributed by atoms with Crippen LogP contribution in [0, 0.1) is 12.7 Å². The number of carbonyl (C=O) groups is 1. The Kier molecular flexibility index (Phi) is 6.58. The van der Waals surface area contributed by atoms with E-state index in [1.807, 2.05) is 19.2 Å². The lowest BCUT2D eigenvalue weighted by molar-refractivity contribution is -0.129. The van der Waals surface area contributed by atoms with Crippen LogP contribution >= 0.6 is 0 Å². The number of nitrogens with one attached hydrogen (secondary N) is 1. The van der Waals surface area contributed by atoms with E-state index in [0.29, 0.717) is 13.0 Å². The summed E-state index contributed by atoms with van der Waals surface area (Å²) < 4.78 is 13.0. The molecule has 0 radical (unpaired) electrons. The first-order chi connectivity index (χ1) is 13.5. The van der Waals surface area contributed by atoms with Crippen molar-refractivity contribution < 1.29 is 9.18 Å². The molecular formula is C23H26FN3O. The number of hydrogen-bond acceptors (Lipinski definition) is 2. The number of amides is 1.